The van der Waals surface area contributed by atoms with Crippen LogP contribution in [0.4, 0.5) is 0 Å². The maximum absolute atomic E-state index is 10.7. The summed E-state index contributed by atoms with van der Waals surface area (Å²) in [6, 6.07) is 0. The fourth-order valence-electron chi connectivity index (χ4n) is 0.820. The fraction of sp³-hybridized carbons (Fsp3) is 0.833. The molecular weight excluding hydrogens is 231 g/mol. The van der Waals surface area contributed by atoms with Gasteiger partial charge in [-0.25, -0.2) is 4.57 Å². The molecule has 0 saturated carbocycles. The van der Waals surface area contributed by atoms with Crippen LogP contribution in [0.1, 0.15) is 6.92 Å². The van der Waals surface area contributed by atoms with Gasteiger partial charge in [0.25, 0.3) is 0 Å². The first kappa shape index (κ1) is 14.7. The van der Waals surface area contributed by atoms with Crippen LogP contribution < -0.4 is 0 Å². The van der Waals surface area contributed by atoms with Crippen molar-refractivity contribution in [3.8, 4) is 0 Å². The Kier molecular flexibility index (Phi) is 5.54. The Hall–Kier alpha value is -0.340. The molecule has 5 N–H and O–H groups in total. The van der Waals surface area contributed by atoms with Crippen molar-refractivity contribution in [1.82, 2.24) is 0 Å². The molecule has 0 radical (unpaired) electrons. The molecule has 8 nitrogen and oxygen atoms in total. The van der Waals surface area contributed by atoms with Crippen LogP contribution in [0.3, 0.4) is 0 Å². The number of carbonyl (C=O) groups excluding carboxylic acids is 1. The van der Waals surface area contributed by atoms with E-state index in [-0.39, 0.29) is 0 Å². The van der Waals surface area contributed by atoms with Crippen molar-refractivity contribution in [2.24, 2.45) is 0 Å². The van der Waals surface area contributed by atoms with Gasteiger partial charge in [-0.05, 0) is 6.92 Å². The Morgan fingerprint density at radius 3 is 2.20 bits per heavy atom. The predicted octanol–water partition coefficient (Wildman–Crippen LogP) is -2.23. The van der Waals surface area contributed by atoms with E-state index in [1.807, 2.05) is 0 Å². The number of rotatable bonds is 6. The Labute approximate surface area is 85.4 Å². The van der Waals surface area contributed by atoms with Gasteiger partial charge in [0, 0.05) is 0 Å². The molecule has 0 rings (SSSR count). The van der Waals surface area contributed by atoms with Gasteiger partial charge in [0.15, 0.2) is 5.78 Å². The summed E-state index contributed by atoms with van der Waals surface area (Å²) in [5.74, 6) is -1.07. The van der Waals surface area contributed by atoms with Gasteiger partial charge in [0.05, 0.1) is 6.10 Å². The molecular formula is C6H13O8P. The number of Topliss-reactive ketones (excluding diaryl/α,β-unsaturated/α-hetero) is 1. The summed E-state index contributed by atoms with van der Waals surface area (Å²) in [7, 11) is -4.80. The Morgan fingerprint density at radius 1 is 1.40 bits per heavy atom. The third-order valence-electron chi connectivity index (χ3n) is 1.59. The SMILES string of the molecule is C[C@H](OP(=O)(O)O)[C@@H](O)[C@H](O)C(=O)CO. The maximum atomic E-state index is 10.7. The average Bonchev–Trinajstić information content (AvgIpc) is 2.11. The van der Waals surface area contributed by atoms with Crippen LogP contribution in [-0.4, -0.2) is 55.8 Å². The number of phosphoric ester groups is 1. The highest BCUT2D eigenvalue weighted by atomic mass is 31.2. The number of aliphatic hydroxyl groups is 3. The quantitative estimate of drug-likeness (QED) is 0.330. The molecule has 0 unspecified atom stereocenters. The number of aliphatic hydroxyl groups excluding tert-OH is 3. The number of hydrogen-bond donors (Lipinski definition) is 5. The molecule has 0 heterocycles. The fourth-order valence-corrected chi connectivity index (χ4v) is 1.38. The van der Waals surface area contributed by atoms with E-state index in [1.54, 1.807) is 0 Å². The Morgan fingerprint density at radius 2 is 1.87 bits per heavy atom. The molecule has 0 saturated heterocycles. The van der Waals surface area contributed by atoms with Crippen LogP contribution in [0.25, 0.3) is 0 Å². The minimum absolute atomic E-state index is 0.985. The van der Waals surface area contributed by atoms with Crippen molar-refractivity contribution < 1.29 is 39.0 Å². The van der Waals surface area contributed by atoms with Gasteiger partial charge >= 0.3 is 7.82 Å². The average molecular weight is 244 g/mol. The third-order valence-corrected chi connectivity index (χ3v) is 2.20. The van der Waals surface area contributed by atoms with Crippen molar-refractivity contribution in [1.29, 1.82) is 0 Å². The van der Waals surface area contributed by atoms with Crippen LogP contribution in [0, 0.1) is 0 Å². The Balaban J connectivity index is 4.38. The van der Waals surface area contributed by atoms with E-state index in [4.69, 9.17) is 20.0 Å². The molecule has 0 spiro atoms. The van der Waals surface area contributed by atoms with Gasteiger partial charge in [-0.15, -0.1) is 0 Å². The zero-order valence-electron chi connectivity index (χ0n) is 7.85. The number of carbonyl (C=O) groups is 1. The molecule has 0 amide bonds. The van der Waals surface area contributed by atoms with Crippen LogP contribution in [0.2, 0.25) is 0 Å². The van der Waals surface area contributed by atoms with Crippen LogP contribution in [0.5, 0.6) is 0 Å². The van der Waals surface area contributed by atoms with E-state index in [9.17, 15) is 14.5 Å². The van der Waals surface area contributed by atoms with E-state index in [0.29, 0.717) is 0 Å². The monoisotopic (exact) mass is 244 g/mol. The van der Waals surface area contributed by atoms with Gasteiger partial charge in [-0.3, -0.25) is 9.32 Å². The summed E-state index contributed by atoms with van der Waals surface area (Å²) in [6.45, 7) is 0.0818. The highest BCUT2D eigenvalue weighted by molar-refractivity contribution is 7.46. The van der Waals surface area contributed by atoms with Crippen molar-refractivity contribution in [3.05, 3.63) is 0 Å². The summed E-state index contributed by atoms with van der Waals surface area (Å²) in [6.07, 6.45) is -5.22. The summed E-state index contributed by atoms with van der Waals surface area (Å²) >= 11 is 0. The largest absolute Gasteiger partial charge is 0.469 e. The maximum Gasteiger partial charge on any atom is 0.469 e. The molecule has 0 aromatic carbocycles. The van der Waals surface area contributed by atoms with E-state index in [2.05, 4.69) is 4.52 Å². The molecule has 90 valence electrons. The van der Waals surface area contributed by atoms with Crippen molar-refractivity contribution in [3.63, 3.8) is 0 Å². The molecule has 0 fully saturated rings. The third kappa shape index (κ3) is 5.33. The van der Waals surface area contributed by atoms with Gasteiger partial charge in [-0.1, -0.05) is 0 Å². The standard InChI is InChI=1S/C6H13O8P/c1-3(14-15(11,12)13)5(9)6(10)4(8)2-7/h3,5-7,9-10H,2H2,1H3,(H2,11,12,13)/t3-,5+,6+/m0/s1. The van der Waals surface area contributed by atoms with E-state index in [0.717, 1.165) is 6.92 Å². The van der Waals surface area contributed by atoms with Crippen molar-refractivity contribution in [2.45, 2.75) is 25.2 Å². The highest BCUT2D eigenvalue weighted by Gasteiger charge is 2.32. The molecule has 15 heavy (non-hydrogen) atoms. The van der Waals surface area contributed by atoms with Crippen LogP contribution in [-0.2, 0) is 13.9 Å². The molecule has 9 heteroatoms. The smallest absolute Gasteiger partial charge is 0.388 e. The second-order valence-electron chi connectivity index (χ2n) is 2.86. The molecule has 0 aliphatic heterocycles. The lowest BCUT2D eigenvalue weighted by atomic mass is 10.1. The van der Waals surface area contributed by atoms with Gasteiger partial charge in [0.1, 0.15) is 18.8 Å². The molecule has 0 aliphatic carbocycles. The number of ketones is 1. The molecule has 3 atom stereocenters. The molecule has 0 aromatic heterocycles. The molecule has 0 bridgehead atoms. The summed E-state index contributed by atoms with van der Waals surface area (Å²) in [4.78, 5) is 27.5. The minimum atomic E-state index is -4.80. The zero-order valence-corrected chi connectivity index (χ0v) is 8.74. The molecule has 0 aliphatic rings. The van der Waals surface area contributed by atoms with E-state index >= 15 is 0 Å². The summed E-state index contributed by atoms with van der Waals surface area (Å²) in [5, 5.41) is 26.6. The van der Waals surface area contributed by atoms with Gasteiger partial charge < -0.3 is 25.1 Å². The first-order valence-electron chi connectivity index (χ1n) is 3.92. The second-order valence-corrected chi connectivity index (χ2v) is 4.05. The van der Waals surface area contributed by atoms with E-state index < -0.39 is 38.5 Å². The lowest BCUT2D eigenvalue weighted by Crippen LogP contribution is -2.42. The highest BCUT2D eigenvalue weighted by Crippen LogP contribution is 2.38. The number of hydrogen-bond acceptors (Lipinski definition) is 6. The predicted molar refractivity (Wildman–Crippen MR) is 46.7 cm³/mol. The van der Waals surface area contributed by atoms with Gasteiger partial charge in [0.2, 0.25) is 0 Å². The van der Waals surface area contributed by atoms with E-state index in [1.165, 1.54) is 0 Å². The molecule has 0 aromatic rings. The van der Waals surface area contributed by atoms with Gasteiger partial charge in [-0.2, -0.15) is 0 Å². The first-order valence-corrected chi connectivity index (χ1v) is 5.45. The lowest BCUT2D eigenvalue weighted by Gasteiger charge is -2.22. The topological polar surface area (TPSA) is 145 Å². The first-order chi connectivity index (χ1) is 6.69. The normalized spacial score (nSPS) is 18.3. The Bertz CT molecular complexity index is 260. The summed E-state index contributed by atoms with van der Waals surface area (Å²) < 4.78 is 14.4. The van der Waals surface area contributed by atoms with Crippen LogP contribution >= 0.6 is 7.82 Å². The van der Waals surface area contributed by atoms with Crippen molar-refractivity contribution in [2.75, 3.05) is 6.61 Å². The van der Waals surface area contributed by atoms with Crippen molar-refractivity contribution >= 4 is 13.6 Å². The minimum Gasteiger partial charge on any atom is -0.388 e. The number of phosphoric acid groups is 1. The lowest BCUT2D eigenvalue weighted by molar-refractivity contribution is -0.140. The second kappa shape index (κ2) is 5.66. The summed E-state index contributed by atoms with van der Waals surface area (Å²) in [5.41, 5.74) is 0. The zero-order chi connectivity index (χ0) is 12.2. The van der Waals surface area contributed by atoms with Crippen LogP contribution in [0.15, 0.2) is 0 Å².